The monoisotopic (exact) mass is 487 g/mol. The molecule has 0 saturated heterocycles. The largest absolute Gasteiger partial charge is 0.459 e. The van der Waals surface area contributed by atoms with Crippen molar-refractivity contribution in [3.05, 3.63) is 30.3 Å². The van der Waals surface area contributed by atoms with Crippen LogP contribution >= 0.6 is 0 Å². The standard InChI is InChI=1S/C20H33N5O7S/c1-20(2,3)32-18(27)16(25-33(28,29)15-7-5-4-6-8-15)13-24-17(26)14-31-12-11-30-10-9-23-19(21)22/h4-8,16,25H,9-14H2,1-3H3,(H,24,26)(H4,21,22,23)/t16-/m0/s1. The number of sulfonamides is 1. The van der Waals surface area contributed by atoms with Crippen molar-refractivity contribution in [3.8, 4) is 0 Å². The van der Waals surface area contributed by atoms with E-state index >= 15 is 0 Å². The van der Waals surface area contributed by atoms with Crippen molar-refractivity contribution in [1.82, 2.24) is 10.0 Å². The molecule has 0 fully saturated rings. The zero-order chi connectivity index (χ0) is 24.9. The Labute approximate surface area is 194 Å². The van der Waals surface area contributed by atoms with Gasteiger partial charge in [0.2, 0.25) is 15.9 Å². The second-order valence-corrected chi connectivity index (χ2v) is 9.51. The third kappa shape index (κ3) is 12.8. The van der Waals surface area contributed by atoms with E-state index in [1.165, 1.54) is 12.1 Å². The van der Waals surface area contributed by atoms with Crippen LogP contribution in [0.3, 0.4) is 0 Å². The third-order valence-corrected chi connectivity index (χ3v) is 5.17. The highest BCUT2D eigenvalue weighted by molar-refractivity contribution is 7.89. The lowest BCUT2D eigenvalue weighted by Gasteiger charge is -2.24. The van der Waals surface area contributed by atoms with Gasteiger partial charge in [0.05, 0.1) is 31.3 Å². The van der Waals surface area contributed by atoms with Gasteiger partial charge in [-0.1, -0.05) is 18.2 Å². The summed E-state index contributed by atoms with van der Waals surface area (Å²) >= 11 is 0. The van der Waals surface area contributed by atoms with Crippen molar-refractivity contribution in [2.24, 2.45) is 16.5 Å². The lowest BCUT2D eigenvalue weighted by molar-refractivity contribution is -0.156. The van der Waals surface area contributed by atoms with Crippen molar-refractivity contribution in [1.29, 1.82) is 0 Å². The minimum atomic E-state index is -4.02. The molecular weight excluding hydrogens is 454 g/mol. The Morgan fingerprint density at radius 2 is 1.70 bits per heavy atom. The SMILES string of the molecule is CC(C)(C)OC(=O)[C@H](CNC(=O)COCCOCCN=C(N)N)NS(=O)(=O)c1ccccc1. The van der Waals surface area contributed by atoms with Crippen LogP contribution in [0.4, 0.5) is 0 Å². The Hall–Kier alpha value is -2.74. The van der Waals surface area contributed by atoms with E-state index in [0.717, 1.165) is 0 Å². The first-order chi connectivity index (χ1) is 15.4. The number of ether oxygens (including phenoxy) is 3. The fraction of sp³-hybridized carbons (Fsp3) is 0.550. The van der Waals surface area contributed by atoms with E-state index in [2.05, 4.69) is 15.0 Å². The van der Waals surface area contributed by atoms with Crippen LogP contribution in [0.5, 0.6) is 0 Å². The molecule has 1 aromatic carbocycles. The second kappa shape index (κ2) is 13.7. The number of carbonyl (C=O) groups is 2. The molecule has 186 valence electrons. The fourth-order valence-electron chi connectivity index (χ4n) is 2.29. The van der Waals surface area contributed by atoms with Crippen LogP contribution in [0.2, 0.25) is 0 Å². The molecule has 0 heterocycles. The van der Waals surface area contributed by atoms with Crippen molar-refractivity contribution >= 4 is 27.9 Å². The molecule has 0 bridgehead atoms. The first-order valence-electron chi connectivity index (χ1n) is 10.2. The number of guanidine groups is 1. The van der Waals surface area contributed by atoms with E-state index in [9.17, 15) is 18.0 Å². The second-order valence-electron chi connectivity index (χ2n) is 7.80. The van der Waals surface area contributed by atoms with Gasteiger partial charge in [-0.25, -0.2) is 8.42 Å². The van der Waals surface area contributed by atoms with Crippen molar-refractivity contribution < 1.29 is 32.2 Å². The molecule has 33 heavy (non-hydrogen) atoms. The maximum atomic E-state index is 12.6. The molecule has 0 unspecified atom stereocenters. The van der Waals surface area contributed by atoms with Gasteiger partial charge in [-0.3, -0.25) is 14.6 Å². The van der Waals surface area contributed by atoms with Crippen LogP contribution in [0.25, 0.3) is 0 Å². The highest BCUT2D eigenvalue weighted by Crippen LogP contribution is 2.12. The summed E-state index contributed by atoms with van der Waals surface area (Å²) in [5, 5.41) is 2.47. The van der Waals surface area contributed by atoms with Crippen LogP contribution in [0, 0.1) is 0 Å². The van der Waals surface area contributed by atoms with E-state index in [1.807, 2.05) is 0 Å². The Morgan fingerprint density at radius 3 is 2.30 bits per heavy atom. The normalized spacial score (nSPS) is 12.6. The third-order valence-electron chi connectivity index (χ3n) is 3.68. The number of nitrogens with two attached hydrogens (primary N) is 2. The van der Waals surface area contributed by atoms with Gasteiger partial charge in [-0.15, -0.1) is 0 Å². The summed E-state index contributed by atoms with van der Waals surface area (Å²) in [7, 11) is -4.02. The fourth-order valence-corrected chi connectivity index (χ4v) is 3.50. The van der Waals surface area contributed by atoms with Crippen LogP contribution < -0.4 is 21.5 Å². The van der Waals surface area contributed by atoms with E-state index in [0.29, 0.717) is 13.2 Å². The number of aliphatic imine (C=N–C) groups is 1. The summed E-state index contributed by atoms with van der Waals surface area (Å²) in [5.41, 5.74) is 9.53. The lowest BCUT2D eigenvalue weighted by Crippen LogP contribution is -2.50. The van der Waals surface area contributed by atoms with Gasteiger partial charge in [-0.05, 0) is 32.9 Å². The Balaban J connectivity index is 2.56. The summed E-state index contributed by atoms with van der Waals surface area (Å²) in [6.45, 7) is 5.32. The number of nitrogens with zero attached hydrogens (tertiary/aromatic N) is 1. The summed E-state index contributed by atoms with van der Waals surface area (Å²) in [5.74, 6) is -1.39. The molecule has 0 saturated carbocycles. The van der Waals surface area contributed by atoms with Crippen LogP contribution in [-0.4, -0.2) is 77.4 Å². The van der Waals surface area contributed by atoms with Gasteiger partial charge in [0.15, 0.2) is 5.96 Å². The highest BCUT2D eigenvalue weighted by atomic mass is 32.2. The predicted molar refractivity (Wildman–Crippen MR) is 122 cm³/mol. The van der Waals surface area contributed by atoms with E-state index in [4.69, 9.17) is 25.7 Å². The van der Waals surface area contributed by atoms with E-state index in [1.54, 1.807) is 39.0 Å². The number of rotatable bonds is 14. The highest BCUT2D eigenvalue weighted by Gasteiger charge is 2.30. The van der Waals surface area contributed by atoms with Gasteiger partial charge in [-0.2, -0.15) is 4.72 Å². The summed E-state index contributed by atoms with van der Waals surface area (Å²) in [6, 6.07) is 6.22. The van der Waals surface area contributed by atoms with Gasteiger partial charge >= 0.3 is 5.97 Å². The smallest absolute Gasteiger partial charge is 0.326 e. The average Bonchev–Trinajstić information content (AvgIpc) is 2.72. The molecule has 0 radical (unpaired) electrons. The number of hydrogen-bond acceptors (Lipinski definition) is 8. The number of hydrogen-bond donors (Lipinski definition) is 4. The molecule has 12 nitrogen and oxygen atoms in total. The molecule has 1 amide bonds. The summed E-state index contributed by atoms with van der Waals surface area (Å²) < 4.78 is 43.2. The maximum Gasteiger partial charge on any atom is 0.326 e. The Bertz CT molecular complexity index is 882. The molecule has 0 aliphatic carbocycles. The van der Waals surface area contributed by atoms with Crippen LogP contribution in [-0.2, 0) is 33.8 Å². The maximum absolute atomic E-state index is 12.6. The molecule has 0 aliphatic rings. The first-order valence-corrected chi connectivity index (χ1v) is 11.7. The number of benzene rings is 1. The van der Waals surface area contributed by atoms with Gasteiger partial charge in [0.1, 0.15) is 18.2 Å². The number of carbonyl (C=O) groups excluding carboxylic acids is 2. The quantitative estimate of drug-likeness (QED) is 0.112. The zero-order valence-electron chi connectivity index (χ0n) is 19.1. The minimum absolute atomic E-state index is 0.0203. The lowest BCUT2D eigenvalue weighted by atomic mass is 10.2. The Kier molecular flexibility index (Phi) is 11.8. The molecule has 1 rings (SSSR count). The van der Waals surface area contributed by atoms with Crippen molar-refractivity contribution in [3.63, 3.8) is 0 Å². The molecule has 6 N–H and O–H groups in total. The van der Waals surface area contributed by atoms with Gasteiger partial charge in [0.25, 0.3) is 0 Å². The molecule has 1 aromatic rings. The molecule has 13 heteroatoms. The molecule has 0 spiro atoms. The zero-order valence-corrected chi connectivity index (χ0v) is 19.9. The Morgan fingerprint density at radius 1 is 1.06 bits per heavy atom. The van der Waals surface area contributed by atoms with Gasteiger partial charge < -0.3 is 31.0 Å². The molecular formula is C20H33N5O7S. The summed E-state index contributed by atoms with van der Waals surface area (Å²) in [6.07, 6.45) is 0. The topological polar surface area (TPSA) is 184 Å². The first kappa shape index (κ1) is 28.3. The van der Waals surface area contributed by atoms with Crippen molar-refractivity contribution in [2.75, 3.05) is 39.5 Å². The predicted octanol–water partition coefficient (Wildman–Crippen LogP) is -0.902. The number of amides is 1. The number of esters is 1. The molecule has 1 atom stereocenters. The molecule has 0 aliphatic heterocycles. The summed E-state index contributed by atoms with van der Waals surface area (Å²) in [4.78, 5) is 28.3. The van der Waals surface area contributed by atoms with Crippen LogP contribution in [0.1, 0.15) is 20.8 Å². The molecule has 0 aromatic heterocycles. The minimum Gasteiger partial charge on any atom is -0.459 e. The average molecular weight is 488 g/mol. The van der Waals surface area contributed by atoms with Crippen molar-refractivity contribution in [2.45, 2.75) is 37.3 Å². The van der Waals surface area contributed by atoms with E-state index < -0.39 is 33.5 Å². The number of nitrogens with one attached hydrogen (secondary N) is 2. The van der Waals surface area contributed by atoms with E-state index in [-0.39, 0.29) is 37.2 Å². The van der Waals surface area contributed by atoms with Crippen LogP contribution in [0.15, 0.2) is 40.2 Å². The van der Waals surface area contributed by atoms with Gasteiger partial charge in [0, 0.05) is 6.54 Å².